The molecule has 0 spiro atoms. The van der Waals surface area contributed by atoms with E-state index >= 15 is 0 Å². The van der Waals surface area contributed by atoms with Gasteiger partial charge in [-0.15, -0.1) is 0 Å². The number of nitrogens with one attached hydrogen (secondary N) is 1. The summed E-state index contributed by atoms with van der Waals surface area (Å²) < 4.78 is 30.3. The highest BCUT2D eigenvalue weighted by Crippen LogP contribution is 2.17. The fourth-order valence-electron chi connectivity index (χ4n) is 2.23. The number of carbonyl (C=O) groups is 1. The SMILES string of the molecule is O=C(Oc1ccc(C=NNS(=O)(=O)c2ccccc2)cc1)c1ccccc1I. The number of ether oxygens (including phenoxy) is 1. The number of hydrogen-bond donors (Lipinski definition) is 1. The number of esters is 1. The van der Waals surface area contributed by atoms with Crippen LogP contribution in [0.5, 0.6) is 5.75 Å². The van der Waals surface area contributed by atoms with E-state index in [4.69, 9.17) is 4.74 Å². The highest BCUT2D eigenvalue weighted by Gasteiger charge is 2.12. The van der Waals surface area contributed by atoms with Crippen LogP contribution < -0.4 is 9.57 Å². The molecule has 6 nitrogen and oxygen atoms in total. The van der Waals surface area contributed by atoms with Crippen LogP contribution in [0.3, 0.4) is 0 Å². The number of benzene rings is 3. The molecule has 0 atom stereocenters. The molecule has 0 unspecified atom stereocenters. The Hall–Kier alpha value is -2.72. The molecule has 3 rings (SSSR count). The van der Waals surface area contributed by atoms with Gasteiger partial charge in [0.2, 0.25) is 0 Å². The fourth-order valence-corrected chi connectivity index (χ4v) is 3.65. The second-order valence-corrected chi connectivity index (χ2v) is 8.43. The van der Waals surface area contributed by atoms with Gasteiger partial charge in [-0.25, -0.2) is 9.63 Å². The van der Waals surface area contributed by atoms with Crippen molar-refractivity contribution in [2.45, 2.75) is 4.90 Å². The maximum atomic E-state index is 12.2. The first kappa shape index (κ1) is 20.0. The Balaban J connectivity index is 1.62. The molecule has 3 aromatic carbocycles. The number of sulfonamides is 1. The van der Waals surface area contributed by atoms with Crippen LogP contribution in [0.4, 0.5) is 0 Å². The fraction of sp³-hybridized carbons (Fsp3) is 0. The summed E-state index contributed by atoms with van der Waals surface area (Å²) >= 11 is 2.07. The van der Waals surface area contributed by atoms with Crippen molar-refractivity contribution in [3.05, 3.63) is 93.6 Å². The van der Waals surface area contributed by atoms with E-state index in [1.807, 2.05) is 12.1 Å². The summed E-state index contributed by atoms with van der Waals surface area (Å²) in [5.41, 5.74) is 1.13. The predicted octanol–water partition coefficient (Wildman–Crippen LogP) is 3.82. The van der Waals surface area contributed by atoms with Crippen LogP contribution in [0.15, 0.2) is 88.9 Å². The van der Waals surface area contributed by atoms with E-state index in [9.17, 15) is 13.2 Å². The zero-order valence-electron chi connectivity index (χ0n) is 14.4. The third-order valence-electron chi connectivity index (χ3n) is 3.62. The summed E-state index contributed by atoms with van der Waals surface area (Å²) in [5, 5.41) is 3.77. The molecule has 142 valence electrons. The van der Waals surface area contributed by atoms with Crippen molar-refractivity contribution in [1.82, 2.24) is 4.83 Å². The molecule has 0 saturated heterocycles. The third-order valence-corrected chi connectivity index (χ3v) is 5.80. The summed E-state index contributed by atoms with van der Waals surface area (Å²) in [5.74, 6) is -0.0614. The van der Waals surface area contributed by atoms with Crippen molar-refractivity contribution >= 4 is 44.8 Å². The summed E-state index contributed by atoms with van der Waals surface area (Å²) in [6.45, 7) is 0. The lowest BCUT2D eigenvalue weighted by Crippen LogP contribution is -2.18. The quantitative estimate of drug-likeness (QED) is 0.181. The standard InChI is InChI=1S/C20H15IN2O4S/c21-19-9-5-4-8-18(19)20(24)27-16-12-10-15(11-13-16)14-22-23-28(25,26)17-6-2-1-3-7-17/h1-14,23H. The largest absolute Gasteiger partial charge is 0.423 e. The predicted molar refractivity (Wildman–Crippen MR) is 115 cm³/mol. The molecule has 3 aromatic rings. The molecule has 0 radical (unpaired) electrons. The van der Waals surface area contributed by atoms with Gasteiger partial charge >= 0.3 is 5.97 Å². The van der Waals surface area contributed by atoms with Crippen molar-refractivity contribution in [3.8, 4) is 5.75 Å². The molecule has 0 bridgehead atoms. The smallest absolute Gasteiger partial charge is 0.344 e. The number of carbonyl (C=O) groups excluding carboxylic acids is 1. The molecule has 0 aromatic heterocycles. The lowest BCUT2D eigenvalue weighted by molar-refractivity contribution is 0.0733. The zero-order chi connectivity index (χ0) is 20.0. The summed E-state index contributed by atoms with van der Waals surface area (Å²) in [6.07, 6.45) is 1.37. The van der Waals surface area contributed by atoms with Gasteiger partial charge < -0.3 is 4.74 Å². The van der Waals surface area contributed by atoms with Crippen LogP contribution in [-0.2, 0) is 10.0 Å². The van der Waals surface area contributed by atoms with Crippen molar-refractivity contribution < 1.29 is 17.9 Å². The number of hydrazone groups is 1. The minimum atomic E-state index is -3.71. The Labute approximate surface area is 176 Å². The molecule has 0 aliphatic heterocycles. The maximum absolute atomic E-state index is 12.2. The molecule has 0 saturated carbocycles. The van der Waals surface area contributed by atoms with E-state index in [0.717, 1.165) is 3.57 Å². The Morgan fingerprint density at radius 1 is 0.929 bits per heavy atom. The lowest BCUT2D eigenvalue weighted by atomic mass is 10.2. The van der Waals surface area contributed by atoms with Crippen LogP contribution in [0.2, 0.25) is 0 Å². The van der Waals surface area contributed by atoms with Gasteiger partial charge in [-0.1, -0.05) is 30.3 Å². The van der Waals surface area contributed by atoms with E-state index in [0.29, 0.717) is 16.9 Å². The molecule has 0 aliphatic rings. The van der Waals surface area contributed by atoms with Crippen LogP contribution >= 0.6 is 22.6 Å². The molecular weight excluding hydrogens is 491 g/mol. The average Bonchev–Trinajstić information content (AvgIpc) is 2.70. The van der Waals surface area contributed by atoms with Crippen LogP contribution in [0, 0.1) is 3.57 Å². The molecule has 0 aliphatic carbocycles. The van der Waals surface area contributed by atoms with E-state index < -0.39 is 16.0 Å². The number of rotatable bonds is 6. The van der Waals surface area contributed by atoms with Crippen molar-refractivity contribution in [3.63, 3.8) is 0 Å². The summed E-state index contributed by atoms with van der Waals surface area (Å²) in [4.78, 5) is 14.5. The molecular formula is C20H15IN2O4S. The molecule has 0 heterocycles. The second-order valence-electron chi connectivity index (χ2n) is 5.60. The number of hydrogen-bond acceptors (Lipinski definition) is 5. The van der Waals surface area contributed by atoms with Gasteiger partial charge in [0.1, 0.15) is 5.75 Å². The monoisotopic (exact) mass is 506 g/mol. The molecule has 0 amide bonds. The minimum absolute atomic E-state index is 0.130. The normalized spacial score (nSPS) is 11.3. The minimum Gasteiger partial charge on any atom is -0.423 e. The van der Waals surface area contributed by atoms with Gasteiger partial charge in [0.05, 0.1) is 16.7 Å². The topological polar surface area (TPSA) is 84.8 Å². The average molecular weight is 506 g/mol. The molecule has 1 N–H and O–H groups in total. The van der Waals surface area contributed by atoms with Gasteiger partial charge in [-0.05, 0) is 76.7 Å². The Morgan fingerprint density at radius 3 is 2.25 bits per heavy atom. The second kappa shape index (κ2) is 8.98. The van der Waals surface area contributed by atoms with Gasteiger partial charge in [-0.3, -0.25) is 0 Å². The van der Waals surface area contributed by atoms with Gasteiger partial charge in [-0.2, -0.15) is 13.5 Å². The van der Waals surface area contributed by atoms with Crippen molar-refractivity contribution in [1.29, 1.82) is 0 Å². The number of halogens is 1. The Morgan fingerprint density at radius 2 is 1.57 bits per heavy atom. The zero-order valence-corrected chi connectivity index (χ0v) is 17.4. The van der Waals surface area contributed by atoms with E-state index in [1.165, 1.54) is 18.3 Å². The van der Waals surface area contributed by atoms with Crippen LogP contribution in [0.25, 0.3) is 0 Å². The van der Waals surface area contributed by atoms with Gasteiger partial charge in [0.25, 0.3) is 10.0 Å². The van der Waals surface area contributed by atoms with Crippen molar-refractivity contribution in [2.75, 3.05) is 0 Å². The van der Waals surface area contributed by atoms with Gasteiger partial charge in [0, 0.05) is 3.57 Å². The first-order chi connectivity index (χ1) is 13.5. The first-order valence-electron chi connectivity index (χ1n) is 8.12. The lowest BCUT2D eigenvalue weighted by Gasteiger charge is -2.06. The first-order valence-corrected chi connectivity index (χ1v) is 10.7. The van der Waals surface area contributed by atoms with Gasteiger partial charge in [0.15, 0.2) is 0 Å². The van der Waals surface area contributed by atoms with Crippen LogP contribution in [0.1, 0.15) is 15.9 Å². The maximum Gasteiger partial charge on any atom is 0.344 e. The summed E-state index contributed by atoms with van der Waals surface area (Å²) in [6, 6.07) is 21.7. The number of nitrogens with zero attached hydrogens (tertiary/aromatic N) is 1. The van der Waals surface area contributed by atoms with E-state index in [2.05, 4.69) is 32.5 Å². The third kappa shape index (κ3) is 5.17. The Kier molecular flexibility index (Phi) is 6.42. The molecule has 0 fully saturated rings. The van der Waals surface area contributed by atoms with E-state index in [-0.39, 0.29) is 4.90 Å². The molecule has 8 heteroatoms. The molecule has 28 heavy (non-hydrogen) atoms. The Bertz CT molecular complexity index is 1100. The van der Waals surface area contributed by atoms with Crippen LogP contribution in [-0.4, -0.2) is 20.6 Å². The van der Waals surface area contributed by atoms with E-state index in [1.54, 1.807) is 54.6 Å². The summed E-state index contributed by atoms with van der Waals surface area (Å²) in [7, 11) is -3.71. The highest BCUT2D eigenvalue weighted by molar-refractivity contribution is 14.1. The van der Waals surface area contributed by atoms with Crippen molar-refractivity contribution in [2.24, 2.45) is 5.10 Å². The highest BCUT2D eigenvalue weighted by atomic mass is 127.